The first-order valence-electron chi connectivity index (χ1n) is 7.73. The van der Waals surface area contributed by atoms with Gasteiger partial charge in [0.05, 0.1) is 25.8 Å². The molecule has 2 amide bonds. The standard InChI is InChI=1S/C18H19ClN2O5/c1-24-13-4-6-14(7-5-13)26-10-9-20-17(22)18(23)21-12-3-8-16(25-2)15(19)11-12/h3-8,11H,9-10H2,1-2H3,(H,20,22)(H,21,23). The summed E-state index contributed by atoms with van der Waals surface area (Å²) in [5.41, 5.74) is 0.394. The molecule has 2 rings (SSSR count). The second-order valence-electron chi connectivity index (χ2n) is 5.08. The molecule has 2 aromatic carbocycles. The molecular weight excluding hydrogens is 360 g/mol. The van der Waals surface area contributed by atoms with Gasteiger partial charge in [-0.15, -0.1) is 0 Å². The van der Waals surface area contributed by atoms with Crippen molar-refractivity contribution in [1.82, 2.24) is 5.32 Å². The van der Waals surface area contributed by atoms with Crippen molar-refractivity contribution in [3.05, 3.63) is 47.5 Å². The number of amides is 2. The number of hydrogen-bond acceptors (Lipinski definition) is 5. The highest BCUT2D eigenvalue weighted by molar-refractivity contribution is 6.40. The van der Waals surface area contributed by atoms with Crippen molar-refractivity contribution in [3.8, 4) is 17.2 Å². The molecule has 0 spiro atoms. The Balaban J connectivity index is 1.74. The van der Waals surface area contributed by atoms with Crippen molar-refractivity contribution in [2.75, 3.05) is 32.7 Å². The lowest BCUT2D eigenvalue weighted by Gasteiger charge is -2.09. The van der Waals surface area contributed by atoms with Gasteiger partial charge in [-0.05, 0) is 42.5 Å². The number of ether oxygens (including phenoxy) is 3. The van der Waals surface area contributed by atoms with Gasteiger partial charge in [0, 0.05) is 5.69 Å². The zero-order valence-electron chi connectivity index (χ0n) is 14.4. The Hall–Kier alpha value is -2.93. The summed E-state index contributed by atoms with van der Waals surface area (Å²) in [5.74, 6) is 0.272. The van der Waals surface area contributed by atoms with Crippen molar-refractivity contribution < 1.29 is 23.8 Å². The molecule has 0 bridgehead atoms. The van der Waals surface area contributed by atoms with E-state index < -0.39 is 11.8 Å². The number of methoxy groups -OCH3 is 2. The lowest BCUT2D eigenvalue weighted by molar-refractivity contribution is -0.136. The van der Waals surface area contributed by atoms with Gasteiger partial charge in [0.2, 0.25) is 0 Å². The van der Waals surface area contributed by atoms with E-state index in [1.54, 1.807) is 43.5 Å². The second kappa shape index (κ2) is 9.53. The molecule has 0 radical (unpaired) electrons. The van der Waals surface area contributed by atoms with Gasteiger partial charge in [-0.1, -0.05) is 11.6 Å². The summed E-state index contributed by atoms with van der Waals surface area (Å²) in [6.45, 7) is 0.404. The van der Waals surface area contributed by atoms with Gasteiger partial charge >= 0.3 is 11.8 Å². The van der Waals surface area contributed by atoms with Crippen molar-refractivity contribution in [1.29, 1.82) is 0 Å². The third kappa shape index (κ3) is 5.56. The van der Waals surface area contributed by atoms with Crippen LogP contribution >= 0.6 is 11.6 Å². The molecule has 7 nitrogen and oxygen atoms in total. The minimum Gasteiger partial charge on any atom is -0.497 e. The summed E-state index contributed by atoms with van der Waals surface area (Å²) in [6, 6.07) is 11.7. The summed E-state index contributed by atoms with van der Waals surface area (Å²) < 4.78 is 15.5. The van der Waals surface area contributed by atoms with E-state index in [2.05, 4.69) is 10.6 Å². The number of rotatable bonds is 7. The van der Waals surface area contributed by atoms with Crippen LogP contribution in [0.4, 0.5) is 5.69 Å². The number of hydrogen-bond donors (Lipinski definition) is 2. The van der Waals surface area contributed by atoms with Crippen LogP contribution in [0.2, 0.25) is 5.02 Å². The average Bonchev–Trinajstić information content (AvgIpc) is 2.65. The van der Waals surface area contributed by atoms with Crippen molar-refractivity contribution in [2.24, 2.45) is 0 Å². The first-order valence-corrected chi connectivity index (χ1v) is 8.11. The van der Waals surface area contributed by atoms with Crippen LogP contribution in [0, 0.1) is 0 Å². The third-order valence-corrected chi connectivity index (χ3v) is 3.63. The van der Waals surface area contributed by atoms with E-state index in [-0.39, 0.29) is 13.2 Å². The van der Waals surface area contributed by atoms with E-state index in [0.29, 0.717) is 22.2 Å². The first-order chi connectivity index (χ1) is 12.5. The Bertz CT molecular complexity index is 765. The molecule has 0 unspecified atom stereocenters. The fourth-order valence-electron chi connectivity index (χ4n) is 2.02. The molecule has 26 heavy (non-hydrogen) atoms. The molecule has 2 N–H and O–H groups in total. The lowest BCUT2D eigenvalue weighted by atomic mass is 10.3. The lowest BCUT2D eigenvalue weighted by Crippen LogP contribution is -2.37. The van der Waals surface area contributed by atoms with Gasteiger partial charge in [-0.25, -0.2) is 0 Å². The molecule has 0 aliphatic rings. The zero-order valence-corrected chi connectivity index (χ0v) is 15.1. The molecule has 0 aromatic heterocycles. The van der Waals surface area contributed by atoms with E-state index >= 15 is 0 Å². The number of carbonyl (C=O) groups excluding carboxylic acids is 2. The van der Waals surface area contributed by atoms with Crippen LogP contribution in [0.25, 0.3) is 0 Å². The minimum atomic E-state index is -0.796. The third-order valence-electron chi connectivity index (χ3n) is 3.33. The summed E-state index contributed by atoms with van der Waals surface area (Å²) in [5, 5.41) is 5.27. The molecule has 0 heterocycles. The van der Waals surface area contributed by atoms with E-state index in [9.17, 15) is 9.59 Å². The van der Waals surface area contributed by atoms with E-state index in [1.807, 2.05) is 0 Å². The van der Waals surface area contributed by atoms with Gasteiger partial charge in [0.1, 0.15) is 23.9 Å². The molecule has 8 heteroatoms. The smallest absolute Gasteiger partial charge is 0.313 e. The highest BCUT2D eigenvalue weighted by Crippen LogP contribution is 2.27. The van der Waals surface area contributed by atoms with Gasteiger partial charge < -0.3 is 24.8 Å². The van der Waals surface area contributed by atoms with Gasteiger partial charge in [0.15, 0.2) is 0 Å². The molecule has 0 atom stereocenters. The second-order valence-corrected chi connectivity index (χ2v) is 5.49. The van der Waals surface area contributed by atoms with Crippen molar-refractivity contribution in [3.63, 3.8) is 0 Å². The number of nitrogens with one attached hydrogen (secondary N) is 2. The average molecular weight is 379 g/mol. The number of halogens is 1. The maximum atomic E-state index is 11.9. The Kier molecular flexibility index (Phi) is 7.11. The van der Waals surface area contributed by atoms with Crippen LogP contribution in [-0.2, 0) is 9.59 Å². The molecular formula is C18H19ClN2O5. The summed E-state index contributed by atoms with van der Waals surface area (Å²) in [6.07, 6.45) is 0. The first kappa shape index (κ1) is 19.4. The Morgan fingerprint density at radius 1 is 0.962 bits per heavy atom. The maximum Gasteiger partial charge on any atom is 0.313 e. The predicted molar refractivity (Wildman–Crippen MR) is 98.1 cm³/mol. The monoisotopic (exact) mass is 378 g/mol. The van der Waals surface area contributed by atoms with E-state index in [4.69, 9.17) is 25.8 Å². The Labute approximate surface area is 156 Å². The molecule has 2 aromatic rings. The molecule has 0 aliphatic carbocycles. The fourth-order valence-corrected chi connectivity index (χ4v) is 2.28. The Morgan fingerprint density at radius 3 is 2.27 bits per heavy atom. The van der Waals surface area contributed by atoms with Crippen LogP contribution < -0.4 is 24.8 Å². The fraction of sp³-hybridized carbons (Fsp3) is 0.222. The van der Waals surface area contributed by atoms with Crippen molar-refractivity contribution >= 4 is 29.1 Å². The summed E-state index contributed by atoms with van der Waals surface area (Å²) in [4.78, 5) is 23.7. The van der Waals surface area contributed by atoms with Crippen LogP contribution in [0.1, 0.15) is 0 Å². The largest absolute Gasteiger partial charge is 0.497 e. The highest BCUT2D eigenvalue weighted by atomic mass is 35.5. The topological polar surface area (TPSA) is 85.9 Å². The van der Waals surface area contributed by atoms with Gasteiger partial charge in [-0.3, -0.25) is 9.59 Å². The van der Waals surface area contributed by atoms with Crippen molar-refractivity contribution in [2.45, 2.75) is 0 Å². The maximum absolute atomic E-state index is 11.9. The zero-order chi connectivity index (χ0) is 18.9. The molecule has 0 fully saturated rings. The number of carbonyl (C=O) groups is 2. The SMILES string of the molecule is COc1ccc(OCCNC(=O)C(=O)Nc2ccc(OC)c(Cl)c2)cc1. The predicted octanol–water partition coefficient (Wildman–Crippen LogP) is 2.49. The summed E-state index contributed by atoms with van der Waals surface area (Å²) in [7, 11) is 3.07. The van der Waals surface area contributed by atoms with Gasteiger partial charge in [-0.2, -0.15) is 0 Å². The van der Waals surface area contributed by atoms with Crippen LogP contribution in [0.5, 0.6) is 17.2 Å². The quantitative estimate of drug-likeness (QED) is 0.571. The molecule has 0 saturated carbocycles. The van der Waals surface area contributed by atoms with Gasteiger partial charge in [0.25, 0.3) is 0 Å². The van der Waals surface area contributed by atoms with Crippen LogP contribution in [0.15, 0.2) is 42.5 Å². The van der Waals surface area contributed by atoms with Crippen LogP contribution in [0.3, 0.4) is 0 Å². The Morgan fingerprint density at radius 2 is 1.65 bits per heavy atom. The number of benzene rings is 2. The molecule has 0 aliphatic heterocycles. The molecule has 0 saturated heterocycles. The normalized spacial score (nSPS) is 9.96. The molecule has 138 valence electrons. The summed E-state index contributed by atoms with van der Waals surface area (Å²) >= 11 is 5.97. The highest BCUT2D eigenvalue weighted by Gasteiger charge is 2.14. The minimum absolute atomic E-state index is 0.182. The van der Waals surface area contributed by atoms with E-state index in [1.165, 1.54) is 13.2 Å². The van der Waals surface area contributed by atoms with E-state index in [0.717, 1.165) is 5.75 Å². The number of anilines is 1. The van der Waals surface area contributed by atoms with Crippen LogP contribution in [-0.4, -0.2) is 39.2 Å².